The molecule has 2 aromatic rings. The SMILES string of the molecule is CNc1ccc(C(=O)Nc2ncc[nH]2)nc1. The molecule has 0 radical (unpaired) electrons. The van der Waals surface area contributed by atoms with Gasteiger partial charge in [-0.1, -0.05) is 0 Å². The standard InChI is InChI=1S/C10H11N5O/c1-11-7-2-3-8(14-6-7)9(16)15-10-12-4-5-13-10/h2-6,11H,1H3,(H2,12,13,15,16). The van der Waals surface area contributed by atoms with E-state index in [-0.39, 0.29) is 5.91 Å². The molecule has 0 aromatic carbocycles. The first kappa shape index (κ1) is 10.2. The number of pyridine rings is 1. The van der Waals surface area contributed by atoms with Crippen LogP contribution in [0.5, 0.6) is 0 Å². The number of H-pyrrole nitrogens is 1. The van der Waals surface area contributed by atoms with E-state index in [4.69, 9.17) is 0 Å². The summed E-state index contributed by atoms with van der Waals surface area (Å²) in [5, 5.41) is 5.51. The van der Waals surface area contributed by atoms with Crippen molar-refractivity contribution in [2.75, 3.05) is 17.7 Å². The topological polar surface area (TPSA) is 82.7 Å². The van der Waals surface area contributed by atoms with Gasteiger partial charge in [0.1, 0.15) is 5.69 Å². The lowest BCUT2D eigenvalue weighted by molar-refractivity contribution is 0.102. The molecular formula is C10H11N5O. The van der Waals surface area contributed by atoms with Crippen LogP contribution in [0.2, 0.25) is 0 Å². The van der Waals surface area contributed by atoms with Crippen LogP contribution in [0.4, 0.5) is 11.6 Å². The highest BCUT2D eigenvalue weighted by Crippen LogP contribution is 2.06. The van der Waals surface area contributed by atoms with Crippen LogP contribution in [0.25, 0.3) is 0 Å². The number of carbonyl (C=O) groups excluding carboxylic acids is 1. The first-order valence-electron chi connectivity index (χ1n) is 4.74. The highest BCUT2D eigenvalue weighted by molar-refractivity contribution is 6.01. The molecule has 16 heavy (non-hydrogen) atoms. The lowest BCUT2D eigenvalue weighted by Crippen LogP contribution is -2.14. The number of aromatic amines is 1. The molecule has 0 aliphatic carbocycles. The van der Waals surface area contributed by atoms with Gasteiger partial charge in [0.25, 0.3) is 5.91 Å². The van der Waals surface area contributed by atoms with Crippen molar-refractivity contribution in [3.63, 3.8) is 0 Å². The van der Waals surface area contributed by atoms with Crippen LogP contribution in [-0.2, 0) is 0 Å². The molecule has 0 saturated heterocycles. The van der Waals surface area contributed by atoms with Gasteiger partial charge < -0.3 is 10.3 Å². The molecule has 2 rings (SSSR count). The van der Waals surface area contributed by atoms with Gasteiger partial charge in [0.2, 0.25) is 5.95 Å². The van der Waals surface area contributed by atoms with Crippen LogP contribution in [-0.4, -0.2) is 27.9 Å². The van der Waals surface area contributed by atoms with E-state index in [0.717, 1.165) is 5.69 Å². The maximum Gasteiger partial charge on any atom is 0.276 e. The second-order valence-corrected chi connectivity index (χ2v) is 3.07. The van der Waals surface area contributed by atoms with Crippen LogP contribution < -0.4 is 10.6 Å². The predicted octanol–water partition coefficient (Wildman–Crippen LogP) is 1.10. The third-order valence-corrected chi connectivity index (χ3v) is 2.01. The third-order valence-electron chi connectivity index (χ3n) is 2.01. The summed E-state index contributed by atoms with van der Waals surface area (Å²) in [5.41, 5.74) is 1.20. The molecule has 0 fully saturated rings. The van der Waals surface area contributed by atoms with Gasteiger partial charge in [-0.15, -0.1) is 0 Å². The Hall–Kier alpha value is -2.37. The van der Waals surface area contributed by atoms with Crippen LogP contribution >= 0.6 is 0 Å². The summed E-state index contributed by atoms with van der Waals surface area (Å²) in [7, 11) is 1.79. The molecule has 0 bridgehead atoms. The van der Waals surface area contributed by atoms with E-state index in [0.29, 0.717) is 11.6 Å². The normalized spacial score (nSPS) is 9.81. The summed E-state index contributed by atoms with van der Waals surface area (Å²) >= 11 is 0. The summed E-state index contributed by atoms with van der Waals surface area (Å²) in [4.78, 5) is 22.3. The minimum absolute atomic E-state index is 0.294. The molecule has 0 aliphatic heterocycles. The summed E-state index contributed by atoms with van der Waals surface area (Å²) in [5.74, 6) is 0.113. The van der Waals surface area contributed by atoms with E-state index in [2.05, 4.69) is 25.6 Å². The van der Waals surface area contributed by atoms with E-state index in [1.807, 2.05) is 0 Å². The summed E-state index contributed by atoms with van der Waals surface area (Å²) in [6.45, 7) is 0. The quantitative estimate of drug-likeness (QED) is 0.719. The fraction of sp³-hybridized carbons (Fsp3) is 0.100. The van der Waals surface area contributed by atoms with E-state index in [1.54, 1.807) is 37.8 Å². The largest absolute Gasteiger partial charge is 0.387 e. The fourth-order valence-corrected chi connectivity index (χ4v) is 1.18. The van der Waals surface area contributed by atoms with Crippen LogP contribution in [0, 0.1) is 0 Å². The Kier molecular flexibility index (Phi) is 2.81. The van der Waals surface area contributed by atoms with Gasteiger partial charge in [0.05, 0.1) is 11.9 Å². The Bertz CT molecular complexity index is 462. The van der Waals surface area contributed by atoms with Crippen LogP contribution in [0.15, 0.2) is 30.7 Å². The Morgan fingerprint density at radius 1 is 1.38 bits per heavy atom. The second kappa shape index (κ2) is 4.43. The van der Waals surface area contributed by atoms with Gasteiger partial charge in [-0.2, -0.15) is 0 Å². The molecule has 82 valence electrons. The number of imidazole rings is 1. The molecule has 2 heterocycles. The van der Waals surface area contributed by atoms with Gasteiger partial charge in [0.15, 0.2) is 0 Å². The number of aromatic nitrogens is 3. The number of hydrogen-bond donors (Lipinski definition) is 3. The molecule has 1 amide bonds. The van der Waals surface area contributed by atoms with Gasteiger partial charge in [-0.05, 0) is 12.1 Å². The fourth-order valence-electron chi connectivity index (χ4n) is 1.18. The second-order valence-electron chi connectivity index (χ2n) is 3.07. The van der Waals surface area contributed by atoms with E-state index in [9.17, 15) is 4.79 Å². The van der Waals surface area contributed by atoms with Crippen molar-refractivity contribution in [2.24, 2.45) is 0 Å². The Labute approximate surface area is 92.1 Å². The van der Waals surface area contributed by atoms with E-state index < -0.39 is 0 Å². The maximum atomic E-state index is 11.7. The van der Waals surface area contributed by atoms with Crippen molar-refractivity contribution < 1.29 is 4.79 Å². The molecule has 0 aliphatic rings. The molecule has 0 unspecified atom stereocenters. The first-order valence-corrected chi connectivity index (χ1v) is 4.74. The summed E-state index contributed by atoms with van der Waals surface area (Å²) in [6, 6.07) is 3.42. The van der Waals surface area contributed by atoms with Crippen molar-refractivity contribution in [1.29, 1.82) is 0 Å². The average Bonchev–Trinajstić information content (AvgIpc) is 2.82. The number of anilines is 2. The highest BCUT2D eigenvalue weighted by Gasteiger charge is 2.07. The molecule has 0 saturated carbocycles. The smallest absolute Gasteiger partial charge is 0.276 e. The van der Waals surface area contributed by atoms with Gasteiger partial charge in [-0.25, -0.2) is 9.97 Å². The van der Waals surface area contributed by atoms with Crippen molar-refractivity contribution in [2.45, 2.75) is 0 Å². The molecule has 6 nitrogen and oxygen atoms in total. The number of hydrogen-bond acceptors (Lipinski definition) is 4. The Morgan fingerprint density at radius 3 is 2.81 bits per heavy atom. The maximum absolute atomic E-state index is 11.7. The van der Waals surface area contributed by atoms with Crippen LogP contribution in [0.1, 0.15) is 10.5 Å². The lowest BCUT2D eigenvalue weighted by atomic mass is 10.3. The third kappa shape index (κ3) is 2.17. The van der Waals surface area contributed by atoms with Crippen molar-refractivity contribution in [1.82, 2.24) is 15.0 Å². The zero-order chi connectivity index (χ0) is 11.4. The number of amides is 1. The molecule has 0 spiro atoms. The minimum Gasteiger partial charge on any atom is -0.387 e. The summed E-state index contributed by atoms with van der Waals surface area (Å²) < 4.78 is 0. The van der Waals surface area contributed by atoms with Gasteiger partial charge in [-0.3, -0.25) is 10.1 Å². The average molecular weight is 217 g/mol. The number of carbonyl (C=O) groups is 1. The zero-order valence-electron chi connectivity index (χ0n) is 8.69. The van der Waals surface area contributed by atoms with Crippen LogP contribution in [0.3, 0.4) is 0 Å². The minimum atomic E-state index is -0.294. The molecule has 2 aromatic heterocycles. The predicted molar refractivity (Wildman–Crippen MR) is 60.3 cm³/mol. The molecular weight excluding hydrogens is 206 g/mol. The summed E-state index contributed by atoms with van der Waals surface area (Å²) in [6.07, 6.45) is 4.79. The van der Waals surface area contributed by atoms with E-state index >= 15 is 0 Å². The van der Waals surface area contributed by atoms with Crippen molar-refractivity contribution >= 4 is 17.5 Å². The number of nitrogens with one attached hydrogen (secondary N) is 3. The number of nitrogens with zero attached hydrogens (tertiary/aromatic N) is 2. The van der Waals surface area contributed by atoms with Gasteiger partial charge in [0, 0.05) is 19.4 Å². The lowest BCUT2D eigenvalue weighted by Gasteiger charge is -2.02. The highest BCUT2D eigenvalue weighted by atomic mass is 16.2. The Morgan fingerprint density at radius 2 is 2.25 bits per heavy atom. The number of rotatable bonds is 3. The first-order chi connectivity index (χ1) is 7.79. The zero-order valence-corrected chi connectivity index (χ0v) is 8.69. The molecule has 0 atom stereocenters. The molecule has 3 N–H and O–H groups in total. The van der Waals surface area contributed by atoms with E-state index in [1.165, 1.54) is 0 Å². The molecule has 6 heteroatoms. The Balaban J connectivity index is 2.09. The van der Waals surface area contributed by atoms with Crippen molar-refractivity contribution in [3.05, 3.63) is 36.4 Å². The van der Waals surface area contributed by atoms with Gasteiger partial charge >= 0.3 is 0 Å². The monoisotopic (exact) mass is 217 g/mol. The van der Waals surface area contributed by atoms with Crippen molar-refractivity contribution in [3.8, 4) is 0 Å².